The van der Waals surface area contributed by atoms with Crippen LogP contribution < -0.4 is 14.8 Å². The lowest BCUT2D eigenvalue weighted by atomic mass is 10.0. The SMILES string of the molecule is CC[C@H](C)NC(=O)[C@H](Cc1ccccc1)N(Cc1ccccc1F)C(=O)COc1ccc(OC)cc1. The zero-order valence-electron chi connectivity index (χ0n) is 20.9. The number of nitrogens with one attached hydrogen (secondary N) is 1. The highest BCUT2D eigenvalue weighted by atomic mass is 19.1. The second-order valence-electron chi connectivity index (χ2n) is 8.60. The van der Waals surface area contributed by atoms with Crippen molar-refractivity contribution in [3.8, 4) is 11.5 Å². The van der Waals surface area contributed by atoms with Crippen LogP contribution in [0.5, 0.6) is 11.5 Å². The molecule has 3 aromatic rings. The van der Waals surface area contributed by atoms with Crippen molar-refractivity contribution in [1.29, 1.82) is 0 Å². The van der Waals surface area contributed by atoms with Crippen LogP contribution in [-0.4, -0.2) is 42.5 Å². The largest absolute Gasteiger partial charge is 0.497 e. The Morgan fingerprint density at radius 3 is 2.22 bits per heavy atom. The zero-order valence-corrected chi connectivity index (χ0v) is 20.9. The second-order valence-corrected chi connectivity index (χ2v) is 8.60. The van der Waals surface area contributed by atoms with E-state index in [1.807, 2.05) is 44.2 Å². The first-order valence-corrected chi connectivity index (χ1v) is 12.0. The summed E-state index contributed by atoms with van der Waals surface area (Å²) in [7, 11) is 1.57. The van der Waals surface area contributed by atoms with E-state index in [4.69, 9.17) is 9.47 Å². The number of amides is 2. The van der Waals surface area contributed by atoms with Crippen molar-refractivity contribution in [3.05, 3.63) is 95.8 Å². The molecule has 6 nitrogen and oxygen atoms in total. The third-order valence-electron chi connectivity index (χ3n) is 5.99. The molecule has 0 fully saturated rings. The van der Waals surface area contributed by atoms with Crippen molar-refractivity contribution in [2.24, 2.45) is 0 Å². The minimum absolute atomic E-state index is 0.0666. The lowest BCUT2D eigenvalue weighted by Gasteiger charge is -2.32. The normalized spacial score (nSPS) is 12.3. The van der Waals surface area contributed by atoms with Gasteiger partial charge in [-0.05, 0) is 49.2 Å². The van der Waals surface area contributed by atoms with E-state index in [0.717, 1.165) is 12.0 Å². The van der Waals surface area contributed by atoms with Crippen LogP contribution in [0.4, 0.5) is 4.39 Å². The Balaban J connectivity index is 1.90. The molecule has 0 saturated heterocycles. The number of hydrogen-bond donors (Lipinski definition) is 1. The molecule has 2 atom stereocenters. The van der Waals surface area contributed by atoms with E-state index < -0.39 is 17.8 Å². The van der Waals surface area contributed by atoms with Crippen molar-refractivity contribution >= 4 is 11.8 Å². The molecular weight excluding hydrogens is 459 g/mol. The van der Waals surface area contributed by atoms with Crippen molar-refractivity contribution in [1.82, 2.24) is 10.2 Å². The predicted molar refractivity (Wildman–Crippen MR) is 137 cm³/mol. The lowest BCUT2D eigenvalue weighted by molar-refractivity contribution is -0.143. The molecule has 2 amide bonds. The van der Waals surface area contributed by atoms with Crippen LogP contribution in [-0.2, 0) is 22.6 Å². The molecule has 1 N–H and O–H groups in total. The van der Waals surface area contributed by atoms with Crippen LogP contribution >= 0.6 is 0 Å². The average molecular weight is 493 g/mol. The second kappa shape index (κ2) is 13.3. The molecule has 36 heavy (non-hydrogen) atoms. The predicted octanol–water partition coefficient (Wildman–Crippen LogP) is 4.77. The van der Waals surface area contributed by atoms with Crippen LogP contribution in [0.25, 0.3) is 0 Å². The van der Waals surface area contributed by atoms with Crippen LogP contribution in [0.2, 0.25) is 0 Å². The number of hydrogen-bond acceptors (Lipinski definition) is 4. The molecule has 3 aromatic carbocycles. The maximum atomic E-state index is 14.6. The van der Waals surface area contributed by atoms with Gasteiger partial charge in [-0.15, -0.1) is 0 Å². The summed E-state index contributed by atoms with van der Waals surface area (Å²) in [6.45, 7) is 3.51. The maximum absolute atomic E-state index is 14.6. The summed E-state index contributed by atoms with van der Waals surface area (Å²) in [5.74, 6) is 0.00182. The Kier molecular flexibility index (Phi) is 9.86. The molecule has 7 heteroatoms. The third kappa shape index (κ3) is 7.57. The number of ether oxygens (including phenoxy) is 2. The van der Waals surface area contributed by atoms with E-state index in [0.29, 0.717) is 17.1 Å². The van der Waals surface area contributed by atoms with Crippen LogP contribution in [0.15, 0.2) is 78.9 Å². The molecule has 3 rings (SSSR count). The van der Waals surface area contributed by atoms with Crippen molar-refractivity contribution in [2.45, 2.75) is 45.3 Å². The summed E-state index contributed by atoms with van der Waals surface area (Å²) in [5.41, 5.74) is 1.22. The van der Waals surface area contributed by atoms with Crippen molar-refractivity contribution in [3.63, 3.8) is 0 Å². The minimum atomic E-state index is -0.854. The molecule has 0 aliphatic heterocycles. The average Bonchev–Trinajstić information content (AvgIpc) is 2.91. The number of methoxy groups -OCH3 is 1. The van der Waals surface area contributed by atoms with Gasteiger partial charge in [0.15, 0.2) is 6.61 Å². The standard InChI is InChI=1S/C29H33FN2O4/c1-4-21(2)31-29(34)27(18-22-10-6-5-7-11-22)32(19-23-12-8-9-13-26(23)30)28(33)20-36-25-16-14-24(35-3)15-17-25/h5-17,21,27H,4,18-20H2,1-3H3,(H,31,34)/t21-,27-/m0/s1. The van der Waals surface area contributed by atoms with Gasteiger partial charge < -0.3 is 19.7 Å². The highest BCUT2D eigenvalue weighted by molar-refractivity contribution is 5.88. The quantitative estimate of drug-likeness (QED) is 0.396. The van der Waals surface area contributed by atoms with Gasteiger partial charge in [-0.3, -0.25) is 9.59 Å². The highest BCUT2D eigenvalue weighted by Crippen LogP contribution is 2.20. The van der Waals surface area contributed by atoms with Gasteiger partial charge in [0.25, 0.3) is 5.91 Å². The van der Waals surface area contributed by atoms with Gasteiger partial charge >= 0.3 is 0 Å². The van der Waals surface area contributed by atoms with Crippen molar-refractivity contribution < 1.29 is 23.5 Å². The smallest absolute Gasteiger partial charge is 0.261 e. The molecular formula is C29H33FN2O4. The number of rotatable bonds is 12. The fourth-order valence-corrected chi connectivity index (χ4v) is 3.71. The van der Waals surface area contributed by atoms with E-state index in [-0.39, 0.29) is 31.5 Å². The molecule has 190 valence electrons. The molecule has 0 radical (unpaired) electrons. The zero-order chi connectivity index (χ0) is 25.9. The van der Waals surface area contributed by atoms with E-state index in [1.54, 1.807) is 49.6 Å². The summed E-state index contributed by atoms with van der Waals surface area (Å²) < 4.78 is 25.5. The third-order valence-corrected chi connectivity index (χ3v) is 5.99. The maximum Gasteiger partial charge on any atom is 0.261 e. The Morgan fingerprint density at radius 1 is 0.944 bits per heavy atom. The first-order chi connectivity index (χ1) is 17.4. The Hall–Kier alpha value is -3.87. The van der Waals surface area contributed by atoms with Gasteiger partial charge in [0.1, 0.15) is 23.4 Å². The highest BCUT2D eigenvalue weighted by Gasteiger charge is 2.31. The molecule has 0 bridgehead atoms. The van der Waals surface area contributed by atoms with E-state index in [2.05, 4.69) is 5.32 Å². The van der Waals surface area contributed by atoms with Gasteiger partial charge in [-0.2, -0.15) is 0 Å². The molecule has 0 saturated carbocycles. The molecule has 0 aliphatic carbocycles. The molecule has 0 aromatic heterocycles. The first-order valence-electron chi connectivity index (χ1n) is 12.0. The van der Waals surface area contributed by atoms with Crippen LogP contribution in [0.3, 0.4) is 0 Å². The van der Waals surface area contributed by atoms with Gasteiger partial charge in [0, 0.05) is 24.6 Å². The van der Waals surface area contributed by atoms with Gasteiger partial charge in [-0.1, -0.05) is 55.5 Å². The summed E-state index contributed by atoms with van der Waals surface area (Å²) >= 11 is 0. The fraction of sp³-hybridized carbons (Fsp3) is 0.310. The minimum Gasteiger partial charge on any atom is -0.497 e. The number of halogens is 1. The van der Waals surface area contributed by atoms with Crippen molar-refractivity contribution in [2.75, 3.05) is 13.7 Å². The first kappa shape index (κ1) is 26.7. The fourth-order valence-electron chi connectivity index (χ4n) is 3.71. The van der Waals surface area contributed by atoms with Gasteiger partial charge in [0.05, 0.1) is 7.11 Å². The number of nitrogens with zero attached hydrogens (tertiary/aromatic N) is 1. The topological polar surface area (TPSA) is 67.9 Å². The van der Waals surface area contributed by atoms with Gasteiger partial charge in [-0.25, -0.2) is 4.39 Å². The molecule has 0 unspecified atom stereocenters. The van der Waals surface area contributed by atoms with E-state index in [9.17, 15) is 14.0 Å². The van der Waals surface area contributed by atoms with E-state index >= 15 is 0 Å². The summed E-state index contributed by atoms with van der Waals surface area (Å²) in [5, 5.41) is 2.99. The van der Waals surface area contributed by atoms with Gasteiger partial charge in [0.2, 0.25) is 5.91 Å². The van der Waals surface area contributed by atoms with E-state index in [1.165, 1.54) is 11.0 Å². The molecule has 0 spiro atoms. The summed E-state index contributed by atoms with van der Waals surface area (Å²) in [6.07, 6.45) is 1.03. The van der Waals surface area contributed by atoms with Crippen LogP contribution in [0.1, 0.15) is 31.4 Å². The Morgan fingerprint density at radius 2 is 1.58 bits per heavy atom. The van der Waals surface area contributed by atoms with Crippen LogP contribution in [0, 0.1) is 5.82 Å². The number of carbonyl (C=O) groups excluding carboxylic acids is 2. The summed E-state index contributed by atoms with van der Waals surface area (Å²) in [6, 6.07) is 21.7. The Bertz CT molecular complexity index is 1120. The molecule has 0 heterocycles. The number of benzene rings is 3. The molecule has 0 aliphatic rings. The Labute approximate surface area is 212 Å². The number of carbonyl (C=O) groups is 2. The lowest BCUT2D eigenvalue weighted by Crippen LogP contribution is -2.53. The summed E-state index contributed by atoms with van der Waals surface area (Å²) in [4.78, 5) is 28.4. The monoisotopic (exact) mass is 492 g/mol.